The summed E-state index contributed by atoms with van der Waals surface area (Å²) in [7, 11) is 0. The third-order valence-corrected chi connectivity index (χ3v) is 5.60. The van der Waals surface area contributed by atoms with Crippen LogP contribution in [0.2, 0.25) is 0 Å². The van der Waals surface area contributed by atoms with Gasteiger partial charge in [-0.15, -0.1) is 0 Å². The van der Waals surface area contributed by atoms with E-state index >= 15 is 0 Å². The van der Waals surface area contributed by atoms with Crippen LogP contribution in [-0.2, 0) is 17.4 Å². The Kier molecular flexibility index (Phi) is 3.36. The Bertz CT molecular complexity index is 879. The molecule has 0 aliphatic heterocycles. The van der Waals surface area contributed by atoms with E-state index in [4.69, 9.17) is 0 Å². The highest BCUT2D eigenvalue weighted by atomic mass is 16.3. The second-order valence-corrected chi connectivity index (χ2v) is 7.24. The van der Waals surface area contributed by atoms with Crippen LogP contribution in [0, 0.1) is 0 Å². The molecule has 0 spiro atoms. The lowest BCUT2D eigenvalue weighted by Crippen LogP contribution is -2.49. The van der Waals surface area contributed by atoms with Gasteiger partial charge in [-0.05, 0) is 27.8 Å². The van der Waals surface area contributed by atoms with Crippen molar-refractivity contribution in [1.82, 2.24) is 0 Å². The van der Waals surface area contributed by atoms with Crippen molar-refractivity contribution < 1.29 is 5.11 Å². The first kappa shape index (κ1) is 15.2. The van der Waals surface area contributed by atoms with Crippen LogP contribution in [0.15, 0.2) is 78.9 Å². The van der Waals surface area contributed by atoms with Crippen molar-refractivity contribution in [1.29, 1.82) is 0 Å². The standard InChI is InChI=1S/C23H22O/c1-22(2)20-14-8-6-12-18(20)19-13-7-9-15-21(19)23(22,24)16-17-10-4-3-5-11-17/h3-15,24H,16H2,1-2H3. The molecule has 3 aromatic carbocycles. The molecule has 1 heteroatoms. The van der Waals surface area contributed by atoms with Crippen LogP contribution in [0.25, 0.3) is 11.1 Å². The fourth-order valence-corrected chi connectivity index (χ4v) is 4.11. The monoisotopic (exact) mass is 314 g/mol. The number of fused-ring (bicyclic) bond motifs is 3. The van der Waals surface area contributed by atoms with Gasteiger partial charge < -0.3 is 5.11 Å². The zero-order valence-electron chi connectivity index (χ0n) is 14.2. The lowest BCUT2D eigenvalue weighted by molar-refractivity contribution is -0.0332. The molecule has 1 aliphatic carbocycles. The smallest absolute Gasteiger partial charge is 0.103 e. The molecule has 1 aliphatic rings. The second-order valence-electron chi connectivity index (χ2n) is 7.24. The van der Waals surface area contributed by atoms with Crippen LogP contribution >= 0.6 is 0 Å². The molecule has 1 nitrogen and oxygen atoms in total. The van der Waals surface area contributed by atoms with Gasteiger partial charge in [0.1, 0.15) is 5.60 Å². The molecule has 0 bridgehead atoms. The number of hydrogen-bond donors (Lipinski definition) is 1. The maximum Gasteiger partial charge on any atom is 0.103 e. The summed E-state index contributed by atoms with van der Waals surface area (Å²) in [6, 6.07) is 27.0. The molecule has 0 saturated carbocycles. The minimum Gasteiger partial charge on any atom is -0.384 e. The lowest BCUT2D eigenvalue weighted by atomic mass is 9.58. The number of rotatable bonds is 2. The summed E-state index contributed by atoms with van der Waals surface area (Å²) in [5.41, 5.74) is 4.44. The van der Waals surface area contributed by atoms with E-state index in [9.17, 15) is 5.11 Å². The largest absolute Gasteiger partial charge is 0.384 e. The first-order valence-electron chi connectivity index (χ1n) is 8.50. The van der Waals surface area contributed by atoms with Crippen molar-refractivity contribution in [3.05, 3.63) is 95.6 Å². The van der Waals surface area contributed by atoms with Crippen LogP contribution in [-0.4, -0.2) is 5.11 Å². The molecule has 1 atom stereocenters. The van der Waals surface area contributed by atoms with Crippen molar-refractivity contribution in [2.75, 3.05) is 0 Å². The van der Waals surface area contributed by atoms with E-state index in [1.807, 2.05) is 24.3 Å². The van der Waals surface area contributed by atoms with Crippen LogP contribution in [0.5, 0.6) is 0 Å². The van der Waals surface area contributed by atoms with Gasteiger partial charge in [0, 0.05) is 11.8 Å². The van der Waals surface area contributed by atoms with Gasteiger partial charge in [0.15, 0.2) is 0 Å². The molecule has 4 rings (SSSR count). The molecule has 24 heavy (non-hydrogen) atoms. The predicted molar refractivity (Wildman–Crippen MR) is 98.9 cm³/mol. The molecular formula is C23H22O. The number of hydrogen-bond acceptors (Lipinski definition) is 1. The third kappa shape index (κ3) is 2.05. The van der Waals surface area contributed by atoms with Gasteiger partial charge in [-0.3, -0.25) is 0 Å². The molecule has 1 N–H and O–H groups in total. The maximum absolute atomic E-state index is 12.0. The highest BCUT2D eigenvalue weighted by Gasteiger charge is 2.50. The topological polar surface area (TPSA) is 20.2 Å². The van der Waals surface area contributed by atoms with E-state index in [1.54, 1.807) is 0 Å². The Balaban J connectivity index is 1.97. The minimum absolute atomic E-state index is 0.381. The van der Waals surface area contributed by atoms with Crippen LogP contribution in [0.1, 0.15) is 30.5 Å². The minimum atomic E-state index is -0.945. The summed E-state index contributed by atoms with van der Waals surface area (Å²) in [4.78, 5) is 0. The summed E-state index contributed by atoms with van der Waals surface area (Å²) in [6.45, 7) is 4.31. The van der Waals surface area contributed by atoms with Gasteiger partial charge in [0.2, 0.25) is 0 Å². The average Bonchev–Trinajstić information content (AvgIpc) is 2.61. The predicted octanol–water partition coefficient (Wildman–Crippen LogP) is 5.08. The average molecular weight is 314 g/mol. The fraction of sp³-hybridized carbons (Fsp3) is 0.217. The van der Waals surface area contributed by atoms with Crippen LogP contribution < -0.4 is 0 Å². The van der Waals surface area contributed by atoms with E-state index in [-0.39, 0.29) is 5.41 Å². The molecular weight excluding hydrogens is 292 g/mol. The quantitative estimate of drug-likeness (QED) is 0.700. The third-order valence-electron chi connectivity index (χ3n) is 5.60. The first-order valence-corrected chi connectivity index (χ1v) is 8.50. The van der Waals surface area contributed by atoms with E-state index in [2.05, 4.69) is 68.4 Å². The van der Waals surface area contributed by atoms with Gasteiger partial charge >= 0.3 is 0 Å². The number of benzene rings is 3. The van der Waals surface area contributed by atoms with E-state index in [1.165, 1.54) is 11.1 Å². The van der Waals surface area contributed by atoms with Gasteiger partial charge in [0.05, 0.1) is 0 Å². The summed E-state index contributed by atoms with van der Waals surface area (Å²) >= 11 is 0. The molecule has 1 unspecified atom stereocenters. The normalized spacial score (nSPS) is 21.0. The zero-order chi connectivity index (χ0) is 16.8. The van der Waals surface area contributed by atoms with Crippen molar-refractivity contribution in [2.45, 2.75) is 31.3 Å². The molecule has 0 saturated heterocycles. The second kappa shape index (κ2) is 5.32. The summed E-state index contributed by atoms with van der Waals surface area (Å²) in [5.74, 6) is 0. The van der Waals surface area contributed by atoms with E-state index < -0.39 is 5.60 Å². The Morgan fingerprint density at radius 3 is 1.83 bits per heavy atom. The lowest BCUT2D eigenvalue weighted by Gasteiger charge is -2.49. The molecule has 0 amide bonds. The molecule has 120 valence electrons. The van der Waals surface area contributed by atoms with Crippen LogP contribution in [0.3, 0.4) is 0 Å². The maximum atomic E-state index is 12.0. The first-order chi connectivity index (χ1) is 11.5. The molecule has 0 fully saturated rings. The van der Waals surface area contributed by atoms with Gasteiger partial charge in [-0.2, -0.15) is 0 Å². The van der Waals surface area contributed by atoms with Crippen molar-refractivity contribution in [3.8, 4) is 11.1 Å². The molecule has 0 heterocycles. The highest BCUT2D eigenvalue weighted by molar-refractivity contribution is 5.77. The molecule has 3 aromatic rings. The summed E-state index contributed by atoms with van der Waals surface area (Å²) < 4.78 is 0. The highest BCUT2D eigenvalue weighted by Crippen LogP contribution is 2.53. The Labute approximate surface area is 143 Å². The van der Waals surface area contributed by atoms with Crippen LogP contribution in [0.4, 0.5) is 0 Å². The summed E-state index contributed by atoms with van der Waals surface area (Å²) in [5, 5.41) is 12.0. The Hall–Kier alpha value is -2.38. The zero-order valence-corrected chi connectivity index (χ0v) is 14.2. The van der Waals surface area contributed by atoms with Gasteiger partial charge in [-0.1, -0.05) is 92.7 Å². The van der Waals surface area contributed by atoms with E-state index in [0.717, 1.165) is 16.7 Å². The Morgan fingerprint density at radius 2 is 1.17 bits per heavy atom. The van der Waals surface area contributed by atoms with Crippen molar-refractivity contribution in [2.24, 2.45) is 0 Å². The van der Waals surface area contributed by atoms with Crippen molar-refractivity contribution in [3.63, 3.8) is 0 Å². The van der Waals surface area contributed by atoms with Gasteiger partial charge in [0.25, 0.3) is 0 Å². The molecule has 0 radical (unpaired) electrons. The Morgan fingerprint density at radius 1 is 0.667 bits per heavy atom. The molecule has 0 aromatic heterocycles. The SMILES string of the molecule is CC1(C)c2ccccc2-c2ccccc2C1(O)Cc1ccccc1. The summed E-state index contributed by atoms with van der Waals surface area (Å²) in [6.07, 6.45) is 0.603. The van der Waals surface area contributed by atoms with E-state index in [0.29, 0.717) is 6.42 Å². The number of aliphatic hydroxyl groups is 1. The van der Waals surface area contributed by atoms with Crippen molar-refractivity contribution >= 4 is 0 Å². The fourth-order valence-electron chi connectivity index (χ4n) is 4.11. The van der Waals surface area contributed by atoms with Gasteiger partial charge in [-0.25, -0.2) is 0 Å².